The third kappa shape index (κ3) is 3.72. The predicted octanol–water partition coefficient (Wildman–Crippen LogP) is 3.28. The first-order valence-electron chi connectivity index (χ1n) is 4.61. The Morgan fingerprint density at radius 3 is 2.53 bits per heavy atom. The van der Waals surface area contributed by atoms with Crippen molar-refractivity contribution in [3.05, 3.63) is 57.6 Å². The number of benzene rings is 1. The largest absolute Gasteiger partial charge is 0.265 e. The van der Waals surface area contributed by atoms with Crippen LogP contribution in [0.1, 0.15) is 17.9 Å². The van der Waals surface area contributed by atoms with Gasteiger partial charge in [0.15, 0.2) is 0 Å². The number of hydrogen-bond donors (Lipinski definition) is 0. The van der Waals surface area contributed by atoms with Gasteiger partial charge in [-0.15, -0.1) is 6.58 Å². The molecule has 0 saturated heterocycles. The third-order valence-electron chi connectivity index (χ3n) is 2.16. The Bertz CT molecular complexity index is 348. The highest BCUT2D eigenvalue weighted by molar-refractivity contribution is 6.30. The van der Waals surface area contributed by atoms with Crippen molar-refractivity contribution in [3.63, 3.8) is 0 Å². The second-order valence-corrected chi connectivity index (χ2v) is 3.72. The molecule has 0 aliphatic heterocycles. The zero-order chi connectivity index (χ0) is 11.3. The molecule has 1 aromatic rings. The highest BCUT2D eigenvalue weighted by Crippen LogP contribution is 2.22. The number of nitrogens with zero attached hydrogens (tertiary/aromatic N) is 1. The van der Waals surface area contributed by atoms with E-state index in [0.29, 0.717) is 11.4 Å². The molecule has 0 amide bonds. The minimum absolute atomic E-state index is 0.0757. The Labute approximate surface area is 93.5 Å². The molecule has 0 aliphatic carbocycles. The van der Waals surface area contributed by atoms with Gasteiger partial charge in [-0.25, -0.2) is 0 Å². The SMILES string of the molecule is C=CCC(C[N+](=O)[O-])c1ccc(Cl)cc1. The van der Waals surface area contributed by atoms with Gasteiger partial charge < -0.3 is 0 Å². The van der Waals surface area contributed by atoms with Gasteiger partial charge in [0.1, 0.15) is 0 Å². The van der Waals surface area contributed by atoms with Crippen molar-refractivity contribution in [2.75, 3.05) is 6.54 Å². The Kier molecular flexibility index (Phi) is 4.31. The lowest BCUT2D eigenvalue weighted by Gasteiger charge is -2.10. The summed E-state index contributed by atoms with van der Waals surface area (Å²) in [4.78, 5) is 10.2. The van der Waals surface area contributed by atoms with Crippen LogP contribution in [0.25, 0.3) is 0 Å². The van der Waals surface area contributed by atoms with Gasteiger partial charge in [0, 0.05) is 9.95 Å². The number of allylic oxidation sites excluding steroid dienone is 1. The maximum absolute atomic E-state index is 10.5. The van der Waals surface area contributed by atoms with E-state index in [9.17, 15) is 10.1 Å². The highest BCUT2D eigenvalue weighted by atomic mass is 35.5. The monoisotopic (exact) mass is 225 g/mol. The molecular formula is C11H12ClNO2. The van der Waals surface area contributed by atoms with Crippen molar-refractivity contribution in [1.29, 1.82) is 0 Å². The van der Waals surface area contributed by atoms with Gasteiger partial charge >= 0.3 is 0 Å². The average Bonchev–Trinajstić information content (AvgIpc) is 2.17. The predicted molar refractivity (Wildman–Crippen MR) is 60.9 cm³/mol. The second kappa shape index (κ2) is 5.51. The molecule has 0 bridgehead atoms. The summed E-state index contributed by atoms with van der Waals surface area (Å²) >= 11 is 5.75. The first-order valence-corrected chi connectivity index (χ1v) is 4.99. The van der Waals surface area contributed by atoms with Gasteiger partial charge in [0.2, 0.25) is 6.54 Å². The lowest BCUT2D eigenvalue weighted by molar-refractivity contribution is -0.483. The summed E-state index contributed by atoms with van der Waals surface area (Å²) < 4.78 is 0. The van der Waals surface area contributed by atoms with Gasteiger partial charge in [0.25, 0.3) is 0 Å². The van der Waals surface area contributed by atoms with Crippen LogP contribution < -0.4 is 0 Å². The zero-order valence-electron chi connectivity index (χ0n) is 8.23. The molecule has 1 atom stereocenters. The van der Waals surface area contributed by atoms with Crippen LogP contribution in [-0.2, 0) is 0 Å². The van der Waals surface area contributed by atoms with Crippen molar-refractivity contribution in [3.8, 4) is 0 Å². The van der Waals surface area contributed by atoms with Crippen LogP contribution in [0.3, 0.4) is 0 Å². The minimum Gasteiger partial charge on any atom is -0.265 e. The summed E-state index contributed by atoms with van der Waals surface area (Å²) in [6.45, 7) is 3.53. The number of halogens is 1. The fourth-order valence-corrected chi connectivity index (χ4v) is 1.56. The van der Waals surface area contributed by atoms with Crippen LogP contribution in [0.2, 0.25) is 5.02 Å². The summed E-state index contributed by atoms with van der Waals surface area (Å²) in [7, 11) is 0. The zero-order valence-corrected chi connectivity index (χ0v) is 8.98. The normalized spacial score (nSPS) is 12.1. The lowest BCUT2D eigenvalue weighted by atomic mass is 9.96. The molecule has 1 unspecified atom stereocenters. The highest BCUT2D eigenvalue weighted by Gasteiger charge is 2.15. The van der Waals surface area contributed by atoms with E-state index >= 15 is 0 Å². The number of rotatable bonds is 5. The molecule has 0 N–H and O–H groups in total. The molecule has 1 rings (SSSR count). The molecule has 0 aliphatic rings. The molecular weight excluding hydrogens is 214 g/mol. The first kappa shape index (κ1) is 11.7. The summed E-state index contributed by atoms with van der Waals surface area (Å²) in [6, 6.07) is 7.12. The molecule has 3 nitrogen and oxygen atoms in total. The van der Waals surface area contributed by atoms with E-state index in [-0.39, 0.29) is 17.4 Å². The first-order chi connectivity index (χ1) is 7.13. The summed E-state index contributed by atoms with van der Waals surface area (Å²) in [5, 5.41) is 11.1. The smallest absolute Gasteiger partial charge is 0.210 e. The number of nitro groups is 1. The molecule has 1 aromatic carbocycles. The Morgan fingerprint density at radius 2 is 2.07 bits per heavy atom. The topological polar surface area (TPSA) is 43.1 Å². The van der Waals surface area contributed by atoms with Crippen molar-refractivity contribution < 1.29 is 4.92 Å². The maximum Gasteiger partial charge on any atom is 0.210 e. The fraction of sp³-hybridized carbons (Fsp3) is 0.273. The molecule has 0 saturated carbocycles. The van der Waals surface area contributed by atoms with Gasteiger partial charge in [-0.1, -0.05) is 29.8 Å². The molecule has 0 heterocycles. The van der Waals surface area contributed by atoms with Gasteiger partial charge in [-0.2, -0.15) is 0 Å². The van der Waals surface area contributed by atoms with E-state index in [1.807, 2.05) is 12.1 Å². The lowest BCUT2D eigenvalue weighted by Crippen LogP contribution is -2.11. The molecule has 80 valence electrons. The Balaban J connectivity index is 2.83. The van der Waals surface area contributed by atoms with Gasteiger partial charge in [-0.3, -0.25) is 10.1 Å². The van der Waals surface area contributed by atoms with Crippen LogP contribution in [-0.4, -0.2) is 11.5 Å². The van der Waals surface area contributed by atoms with E-state index in [0.717, 1.165) is 5.56 Å². The maximum atomic E-state index is 10.5. The van der Waals surface area contributed by atoms with E-state index in [4.69, 9.17) is 11.6 Å². The van der Waals surface area contributed by atoms with E-state index < -0.39 is 0 Å². The standard InChI is InChI=1S/C11H12ClNO2/c1-2-3-10(8-13(14)15)9-4-6-11(12)7-5-9/h2,4-7,10H,1,3,8H2. The molecule has 0 aromatic heterocycles. The van der Waals surface area contributed by atoms with E-state index in [2.05, 4.69) is 6.58 Å². The van der Waals surface area contributed by atoms with Crippen LogP contribution in [0.5, 0.6) is 0 Å². The van der Waals surface area contributed by atoms with Crippen molar-refractivity contribution in [2.24, 2.45) is 0 Å². The van der Waals surface area contributed by atoms with Crippen molar-refractivity contribution in [2.45, 2.75) is 12.3 Å². The Morgan fingerprint density at radius 1 is 1.47 bits per heavy atom. The van der Waals surface area contributed by atoms with E-state index in [1.165, 1.54) is 0 Å². The quantitative estimate of drug-likeness (QED) is 0.439. The van der Waals surface area contributed by atoms with E-state index in [1.54, 1.807) is 18.2 Å². The summed E-state index contributed by atoms with van der Waals surface area (Å²) in [5.41, 5.74) is 0.927. The third-order valence-corrected chi connectivity index (χ3v) is 2.41. The fourth-order valence-electron chi connectivity index (χ4n) is 1.43. The van der Waals surface area contributed by atoms with Crippen LogP contribution in [0.4, 0.5) is 0 Å². The van der Waals surface area contributed by atoms with Crippen LogP contribution in [0, 0.1) is 10.1 Å². The summed E-state index contributed by atoms with van der Waals surface area (Å²) in [5.74, 6) is -0.116. The van der Waals surface area contributed by atoms with Crippen LogP contribution in [0.15, 0.2) is 36.9 Å². The molecule has 0 radical (unpaired) electrons. The average molecular weight is 226 g/mol. The van der Waals surface area contributed by atoms with Crippen LogP contribution >= 0.6 is 11.6 Å². The number of hydrogen-bond acceptors (Lipinski definition) is 2. The molecule has 4 heteroatoms. The second-order valence-electron chi connectivity index (χ2n) is 3.29. The summed E-state index contributed by atoms with van der Waals surface area (Å²) in [6.07, 6.45) is 2.30. The Hall–Kier alpha value is -1.35. The van der Waals surface area contributed by atoms with Gasteiger partial charge in [0.05, 0.1) is 5.92 Å². The van der Waals surface area contributed by atoms with Crippen molar-refractivity contribution >= 4 is 11.6 Å². The van der Waals surface area contributed by atoms with Crippen molar-refractivity contribution in [1.82, 2.24) is 0 Å². The molecule has 15 heavy (non-hydrogen) atoms. The molecule has 0 fully saturated rings. The van der Waals surface area contributed by atoms with Gasteiger partial charge in [-0.05, 0) is 24.1 Å². The molecule has 0 spiro atoms. The minimum atomic E-state index is -0.303.